The molecule has 0 aliphatic heterocycles. The fourth-order valence-corrected chi connectivity index (χ4v) is 4.17. The second-order valence-electron chi connectivity index (χ2n) is 7.67. The van der Waals surface area contributed by atoms with Crippen LogP contribution in [0, 0.1) is 13.8 Å². The second kappa shape index (κ2) is 8.63. The third-order valence-electron chi connectivity index (χ3n) is 5.47. The van der Waals surface area contributed by atoms with Gasteiger partial charge in [0, 0.05) is 25.2 Å². The van der Waals surface area contributed by atoms with E-state index in [-0.39, 0.29) is 12.5 Å². The highest BCUT2D eigenvalue weighted by Gasteiger charge is 2.19. The molecule has 1 amide bonds. The van der Waals surface area contributed by atoms with Crippen LogP contribution in [0.1, 0.15) is 23.9 Å². The predicted molar refractivity (Wildman–Crippen MR) is 125 cm³/mol. The van der Waals surface area contributed by atoms with Crippen molar-refractivity contribution in [3.63, 3.8) is 0 Å². The number of benzene rings is 1. The summed E-state index contributed by atoms with van der Waals surface area (Å²) < 4.78 is 4.49. The summed E-state index contributed by atoms with van der Waals surface area (Å²) in [6.45, 7) is 7.40. The van der Waals surface area contributed by atoms with Gasteiger partial charge in [0.1, 0.15) is 6.54 Å². The van der Waals surface area contributed by atoms with Gasteiger partial charge in [-0.15, -0.1) is 0 Å². The zero-order valence-electron chi connectivity index (χ0n) is 18.1. The fourth-order valence-electron chi connectivity index (χ4n) is 3.74. The maximum absolute atomic E-state index is 13.0. The maximum atomic E-state index is 13.0. The van der Waals surface area contributed by atoms with Crippen molar-refractivity contribution in [2.24, 2.45) is 0 Å². The van der Waals surface area contributed by atoms with E-state index in [9.17, 15) is 4.79 Å². The summed E-state index contributed by atoms with van der Waals surface area (Å²) in [6.07, 6.45) is 3.54. The van der Waals surface area contributed by atoms with Gasteiger partial charge < -0.3 is 4.90 Å². The molecule has 0 radical (unpaired) electrons. The minimum atomic E-state index is -0.0392. The molecule has 0 aliphatic carbocycles. The van der Waals surface area contributed by atoms with Crippen LogP contribution in [0.5, 0.6) is 0 Å². The Morgan fingerprint density at radius 3 is 2.58 bits per heavy atom. The third kappa shape index (κ3) is 4.12. The van der Waals surface area contributed by atoms with Gasteiger partial charge in [-0.05, 0) is 53.9 Å². The number of amides is 1. The minimum Gasteiger partial charge on any atom is -0.338 e. The number of hydrogen-bond donors (Lipinski definition) is 0. The normalized spacial score (nSPS) is 11.3. The number of halogens is 1. The minimum absolute atomic E-state index is 0.0392. The topological polar surface area (TPSA) is 68.8 Å². The molecule has 31 heavy (non-hydrogen) atoms. The zero-order chi connectivity index (χ0) is 22.1. The summed E-state index contributed by atoms with van der Waals surface area (Å²) in [7, 11) is 1.80. The van der Waals surface area contributed by atoms with Gasteiger partial charge >= 0.3 is 0 Å². The van der Waals surface area contributed by atoms with Crippen molar-refractivity contribution in [3.05, 3.63) is 64.1 Å². The van der Waals surface area contributed by atoms with E-state index in [1.807, 2.05) is 24.6 Å². The highest BCUT2D eigenvalue weighted by atomic mass is 79.9. The first-order valence-corrected chi connectivity index (χ1v) is 11.0. The van der Waals surface area contributed by atoms with Crippen molar-refractivity contribution < 1.29 is 4.79 Å². The van der Waals surface area contributed by atoms with Crippen molar-refractivity contribution in [3.8, 4) is 11.1 Å². The zero-order valence-corrected chi connectivity index (χ0v) is 19.7. The van der Waals surface area contributed by atoms with Crippen LogP contribution in [0.3, 0.4) is 0 Å². The number of likely N-dealkylation sites (N-methyl/N-ethyl adjacent to an activating group) is 1. The largest absolute Gasteiger partial charge is 0.338 e. The molecule has 0 unspecified atom stereocenters. The maximum Gasteiger partial charge on any atom is 0.244 e. The smallest absolute Gasteiger partial charge is 0.244 e. The number of carbonyl (C=O) groups is 1. The summed E-state index contributed by atoms with van der Waals surface area (Å²) in [5.74, 6) is -0.0392. The van der Waals surface area contributed by atoms with Gasteiger partial charge in [-0.3, -0.25) is 9.48 Å². The molecule has 0 aliphatic rings. The molecule has 0 fully saturated rings. The molecule has 0 spiro atoms. The molecule has 0 atom stereocenters. The highest BCUT2D eigenvalue weighted by molar-refractivity contribution is 9.10. The Balaban J connectivity index is 1.61. The Morgan fingerprint density at radius 1 is 1.13 bits per heavy atom. The van der Waals surface area contributed by atoms with E-state index in [1.165, 1.54) is 5.56 Å². The van der Waals surface area contributed by atoms with Crippen molar-refractivity contribution in [1.29, 1.82) is 0 Å². The molecular weight excluding hydrogens is 456 g/mol. The Morgan fingerprint density at radius 2 is 1.87 bits per heavy atom. The number of carbonyl (C=O) groups excluding carboxylic acids is 1. The molecule has 0 saturated carbocycles. The Kier molecular flexibility index (Phi) is 5.91. The van der Waals surface area contributed by atoms with E-state index in [2.05, 4.69) is 62.3 Å². The van der Waals surface area contributed by atoms with Gasteiger partial charge in [0.2, 0.25) is 5.91 Å². The summed E-state index contributed by atoms with van der Waals surface area (Å²) in [5.41, 5.74) is 5.95. The molecule has 7 nitrogen and oxygen atoms in total. The van der Waals surface area contributed by atoms with Crippen molar-refractivity contribution in [2.75, 3.05) is 7.05 Å². The first-order valence-electron chi connectivity index (χ1n) is 10.2. The lowest BCUT2D eigenvalue weighted by molar-refractivity contribution is -0.131. The van der Waals surface area contributed by atoms with Crippen LogP contribution >= 0.6 is 15.9 Å². The lowest BCUT2D eigenvalue weighted by Gasteiger charge is -2.18. The number of aromatic nitrogens is 5. The highest BCUT2D eigenvalue weighted by Crippen LogP contribution is 2.30. The van der Waals surface area contributed by atoms with E-state index in [0.29, 0.717) is 6.54 Å². The molecule has 8 heteroatoms. The number of aryl methyl sites for hydroxylation is 3. The van der Waals surface area contributed by atoms with E-state index >= 15 is 0 Å². The first kappa shape index (κ1) is 21.2. The molecule has 0 saturated heterocycles. The average Bonchev–Trinajstić information content (AvgIpc) is 3.28. The fraction of sp³-hybridized carbons (Fsp3) is 0.304. The predicted octanol–water partition coefficient (Wildman–Crippen LogP) is 4.35. The summed E-state index contributed by atoms with van der Waals surface area (Å²) in [4.78, 5) is 19.2. The monoisotopic (exact) mass is 480 g/mol. The van der Waals surface area contributed by atoms with Gasteiger partial charge in [-0.1, -0.05) is 29.8 Å². The second-order valence-corrected chi connectivity index (χ2v) is 8.53. The molecule has 0 bridgehead atoms. The van der Waals surface area contributed by atoms with Crippen molar-refractivity contribution in [2.45, 2.75) is 40.4 Å². The average molecular weight is 481 g/mol. The molecule has 1 aromatic carbocycles. The van der Waals surface area contributed by atoms with Crippen LogP contribution in [0.15, 0.2) is 47.2 Å². The summed E-state index contributed by atoms with van der Waals surface area (Å²) in [6, 6.07) is 10.4. The number of nitrogens with zero attached hydrogens (tertiary/aromatic N) is 6. The Hall–Kier alpha value is -3.00. The molecule has 0 N–H and O–H groups in total. The van der Waals surface area contributed by atoms with Gasteiger partial charge in [-0.2, -0.15) is 10.2 Å². The Labute approximate surface area is 189 Å². The molecule has 4 aromatic rings. The van der Waals surface area contributed by atoms with E-state index in [4.69, 9.17) is 0 Å². The van der Waals surface area contributed by atoms with Gasteiger partial charge in [0.05, 0.1) is 28.6 Å². The number of fused-ring (bicyclic) bond motifs is 1. The molecule has 160 valence electrons. The van der Waals surface area contributed by atoms with Crippen LogP contribution in [-0.2, 0) is 24.4 Å². The van der Waals surface area contributed by atoms with Crippen molar-refractivity contribution in [1.82, 2.24) is 29.4 Å². The van der Waals surface area contributed by atoms with Crippen LogP contribution in [0.25, 0.3) is 22.2 Å². The van der Waals surface area contributed by atoms with Crippen LogP contribution in [0.2, 0.25) is 0 Å². The van der Waals surface area contributed by atoms with Crippen LogP contribution < -0.4 is 0 Å². The third-order valence-corrected chi connectivity index (χ3v) is 6.13. The first-order chi connectivity index (χ1) is 14.9. The van der Waals surface area contributed by atoms with E-state index < -0.39 is 0 Å². The summed E-state index contributed by atoms with van der Waals surface area (Å²) >= 11 is 3.52. The quantitative estimate of drug-likeness (QED) is 0.411. The lowest BCUT2D eigenvalue weighted by Crippen LogP contribution is -2.31. The lowest BCUT2D eigenvalue weighted by atomic mass is 10.0. The number of hydrogen-bond acceptors (Lipinski definition) is 4. The Bertz CT molecular complexity index is 1240. The SMILES string of the molecule is CCn1ncc(Br)c1CN(C)C(=O)Cn1nc(C)c2c(-c3ccc(C)cc3)ccnc21. The van der Waals surface area contributed by atoms with Crippen LogP contribution in [-0.4, -0.2) is 42.4 Å². The van der Waals surface area contributed by atoms with E-state index in [0.717, 1.165) is 44.6 Å². The molecule has 3 aromatic heterocycles. The van der Waals surface area contributed by atoms with Crippen LogP contribution in [0.4, 0.5) is 0 Å². The number of rotatable bonds is 6. The van der Waals surface area contributed by atoms with Gasteiger partial charge in [0.15, 0.2) is 5.65 Å². The molecular formula is C23H25BrN6O. The van der Waals surface area contributed by atoms with E-state index in [1.54, 1.807) is 29.0 Å². The number of pyridine rings is 1. The molecule has 3 heterocycles. The van der Waals surface area contributed by atoms with Crippen molar-refractivity contribution >= 4 is 32.9 Å². The molecule has 4 rings (SSSR count). The van der Waals surface area contributed by atoms with Gasteiger partial charge in [0.25, 0.3) is 0 Å². The van der Waals surface area contributed by atoms with Gasteiger partial charge in [-0.25, -0.2) is 9.67 Å². The summed E-state index contributed by atoms with van der Waals surface area (Å²) in [5, 5.41) is 9.95. The standard InChI is InChI=1S/C23H25BrN6O/c1-5-29-20(19(24)12-26-29)13-28(4)21(31)14-30-23-22(16(3)27-30)18(10-11-25-23)17-8-6-15(2)7-9-17/h6-12H,5,13-14H2,1-4H3.